The van der Waals surface area contributed by atoms with Crippen LogP contribution < -0.4 is 11.1 Å². The lowest BCUT2D eigenvalue weighted by molar-refractivity contribution is 0.0951. The summed E-state index contributed by atoms with van der Waals surface area (Å²) < 4.78 is 13.1. The zero-order chi connectivity index (χ0) is 13.1. The van der Waals surface area contributed by atoms with E-state index in [2.05, 4.69) is 5.32 Å². The number of aryl methyl sites for hydroxylation is 1. The van der Waals surface area contributed by atoms with Gasteiger partial charge in [-0.3, -0.25) is 4.79 Å². The molecule has 1 heterocycles. The average Bonchev–Trinajstić information content (AvgIpc) is 2.70. The molecular weight excluding hydrogens is 251 g/mol. The van der Waals surface area contributed by atoms with E-state index in [0.717, 1.165) is 4.88 Å². The van der Waals surface area contributed by atoms with Crippen LogP contribution in [0.25, 0.3) is 0 Å². The van der Waals surface area contributed by atoms with Crippen LogP contribution in [-0.2, 0) is 6.54 Å². The Morgan fingerprint density at radius 2 is 2.17 bits per heavy atom. The summed E-state index contributed by atoms with van der Waals surface area (Å²) in [6.07, 6.45) is 0. The molecule has 0 fully saturated rings. The van der Waals surface area contributed by atoms with Gasteiger partial charge in [-0.25, -0.2) is 4.39 Å². The molecule has 1 aromatic carbocycles. The molecule has 0 saturated heterocycles. The Morgan fingerprint density at radius 1 is 1.39 bits per heavy atom. The molecule has 0 aliphatic carbocycles. The Hall–Kier alpha value is -1.88. The number of hydrogen-bond donors (Lipinski definition) is 2. The highest BCUT2D eigenvalue weighted by molar-refractivity contribution is 7.11. The van der Waals surface area contributed by atoms with Crippen molar-refractivity contribution in [3.63, 3.8) is 0 Å². The summed E-state index contributed by atoms with van der Waals surface area (Å²) in [4.78, 5) is 14.1. The van der Waals surface area contributed by atoms with Crippen LogP contribution >= 0.6 is 11.3 Å². The predicted octanol–water partition coefficient (Wildman–Crippen LogP) is 2.71. The Morgan fingerprint density at radius 3 is 2.78 bits per heavy atom. The van der Waals surface area contributed by atoms with Gasteiger partial charge >= 0.3 is 0 Å². The van der Waals surface area contributed by atoms with E-state index in [0.29, 0.717) is 6.54 Å². The van der Waals surface area contributed by atoms with E-state index in [4.69, 9.17) is 5.73 Å². The first-order chi connectivity index (χ1) is 8.54. The summed E-state index contributed by atoms with van der Waals surface area (Å²) >= 11 is 1.62. The third-order valence-corrected chi connectivity index (χ3v) is 3.40. The molecule has 1 amide bonds. The largest absolute Gasteiger partial charge is 0.399 e. The van der Waals surface area contributed by atoms with E-state index >= 15 is 0 Å². The van der Waals surface area contributed by atoms with E-state index < -0.39 is 5.82 Å². The molecule has 2 aromatic rings. The second-order valence-corrected chi connectivity index (χ2v) is 5.34. The van der Waals surface area contributed by atoms with Crippen molar-refractivity contribution < 1.29 is 9.18 Å². The SMILES string of the molecule is Cc1ccc(CNC(=O)c2cc(N)cc(F)c2)s1. The average molecular weight is 264 g/mol. The molecular formula is C13H13FN2OS. The van der Waals surface area contributed by atoms with Crippen molar-refractivity contribution in [2.45, 2.75) is 13.5 Å². The van der Waals surface area contributed by atoms with Crippen LogP contribution in [0.2, 0.25) is 0 Å². The molecule has 0 spiro atoms. The number of nitrogens with one attached hydrogen (secondary N) is 1. The highest BCUT2D eigenvalue weighted by Gasteiger charge is 2.08. The minimum Gasteiger partial charge on any atom is -0.399 e. The van der Waals surface area contributed by atoms with E-state index in [1.165, 1.54) is 23.1 Å². The number of amides is 1. The summed E-state index contributed by atoms with van der Waals surface area (Å²) in [6, 6.07) is 7.76. The smallest absolute Gasteiger partial charge is 0.251 e. The lowest BCUT2D eigenvalue weighted by Gasteiger charge is -2.05. The number of carbonyl (C=O) groups is 1. The molecule has 94 valence electrons. The maximum Gasteiger partial charge on any atom is 0.251 e. The number of carbonyl (C=O) groups excluding carboxylic acids is 1. The van der Waals surface area contributed by atoms with Crippen LogP contribution in [0.5, 0.6) is 0 Å². The molecule has 0 saturated carbocycles. The monoisotopic (exact) mass is 264 g/mol. The summed E-state index contributed by atoms with van der Waals surface area (Å²) in [6.45, 7) is 2.44. The van der Waals surface area contributed by atoms with Gasteiger partial charge in [-0.05, 0) is 37.3 Å². The van der Waals surface area contributed by atoms with Gasteiger partial charge in [-0.1, -0.05) is 0 Å². The summed E-state index contributed by atoms with van der Waals surface area (Å²) in [5.41, 5.74) is 5.97. The van der Waals surface area contributed by atoms with Crippen molar-refractivity contribution in [3.8, 4) is 0 Å². The van der Waals surface area contributed by atoms with Crippen LogP contribution in [0, 0.1) is 12.7 Å². The highest BCUT2D eigenvalue weighted by Crippen LogP contribution is 2.15. The van der Waals surface area contributed by atoms with Crippen LogP contribution in [0.4, 0.5) is 10.1 Å². The van der Waals surface area contributed by atoms with Crippen LogP contribution in [0.15, 0.2) is 30.3 Å². The zero-order valence-corrected chi connectivity index (χ0v) is 10.7. The Balaban J connectivity index is 2.03. The number of hydrogen-bond acceptors (Lipinski definition) is 3. The number of nitrogen functional groups attached to an aromatic ring is 1. The summed E-state index contributed by atoms with van der Waals surface area (Å²) in [5.74, 6) is -0.834. The van der Waals surface area contributed by atoms with Gasteiger partial charge in [0.2, 0.25) is 0 Å². The highest BCUT2D eigenvalue weighted by atomic mass is 32.1. The third-order valence-electron chi connectivity index (χ3n) is 2.40. The lowest BCUT2D eigenvalue weighted by Crippen LogP contribution is -2.22. The first kappa shape index (κ1) is 12.6. The zero-order valence-electron chi connectivity index (χ0n) is 9.87. The minimum atomic E-state index is -0.507. The molecule has 3 nitrogen and oxygen atoms in total. The number of anilines is 1. The number of benzene rings is 1. The molecule has 18 heavy (non-hydrogen) atoms. The molecule has 2 rings (SSSR count). The van der Waals surface area contributed by atoms with Crippen molar-refractivity contribution in [2.24, 2.45) is 0 Å². The number of halogens is 1. The standard InChI is InChI=1S/C13H13FN2OS/c1-8-2-3-12(18-8)7-16-13(17)9-4-10(14)6-11(15)5-9/h2-6H,7,15H2,1H3,(H,16,17). The Labute approximate surface area is 108 Å². The second-order valence-electron chi connectivity index (χ2n) is 3.97. The van der Waals surface area contributed by atoms with Gasteiger partial charge in [0.05, 0.1) is 6.54 Å². The van der Waals surface area contributed by atoms with Gasteiger partial charge in [-0.15, -0.1) is 11.3 Å². The maximum absolute atomic E-state index is 13.1. The molecule has 1 aromatic heterocycles. The first-order valence-electron chi connectivity index (χ1n) is 5.44. The number of nitrogens with two attached hydrogens (primary N) is 1. The van der Waals surface area contributed by atoms with E-state index in [1.807, 2.05) is 19.1 Å². The van der Waals surface area contributed by atoms with Crippen molar-refractivity contribution in [1.29, 1.82) is 0 Å². The number of thiophene rings is 1. The fraction of sp³-hybridized carbons (Fsp3) is 0.154. The van der Waals surface area contributed by atoms with Gasteiger partial charge < -0.3 is 11.1 Å². The second kappa shape index (κ2) is 5.18. The van der Waals surface area contributed by atoms with Crippen LogP contribution in [0.1, 0.15) is 20.1 Å². The van der Waals surface area contributed by atoms with Crippen LogP contribution in [0.3, 0.4) is 0 Å². The van der Waals surface area contributed by atoms with E-state index in [-0.39, 0.29) is 17.2 Å². The van der Waals surface area contributed by atoms with Gasteiger partial charge in [0.15, 0.2) is 0 Å². The normalized spacial score (nSPS) is 10.3. The Bertz CT molecular complexity index is 560. The molecule has 0 aliphatic heterocycles. The topological polar surface area (TPSA) is 55.1 Å². The van der Waals surface area contributed by atoms with Gasteiger partial charge in [-0.2, -0.15) is 0 Å². The molecule has 0 bridgehead atoms. The quantitative estimate of drug-likeness (QED) is 0.837. The van der Waals surface area contributed by atoms with Crippen molar-refractivity contribution in [2.75, 3.05) is 5.73 Å². The Kier molecular flexibility index (Phi) is 3.62. The molecule has 5 heteroatoms. The lowest BCUT2D eigenvalue weighted by atomic mass is 10.2. The van der Waals surface area contributed by atoms with Gasteiger partial charge in [0, 0.05) is 21.0 Å². The molecule has 3 N–H and O–H groups in total. The van der Waals surface area contributed by atoms with Crippen molar-refractivity contribution in [1.82, 2.24) is 5.32 Å². The van der Waals surface area contributed by atoms with Crippen LogP contribution in [-0.4, -0.2) is 5.91 Å². The predicted molar refractivity (Wildman–Crippen MR) is 71.0 cm³/mol. The summed E-state index contributed by atoms with van der Waals surface area (Å²) in [5, 5.41) is 2.73. The fourth-order valence-corrected chi connectivity index (χ4v) is 2.42. The molecule has 0 radical (unpaired) electrons. The van der Waals surface area contributed by atoms with E-state index in [9.17, 15) is 9.18 Å². The molecule has 0 unspecified atom stereocenters. The third kappa shape index (κ3) is 3.07. The van der Waals surface area contributed by atoms with E-state index in [1.54, 1.807) is 11.3 Å². The van der Waals surface area contributed by atoms with Gasteiger partial charge in [0.1, 0.15) is 5.82 Å². The molecule has 0 atom stereocenters. The fourth-order valence-electron chi connectivity index (χ4n) is 1.59. The molecule has 0 aliphatic rings. The maximum atomic E-state index is 13.1. The van der Waals surface area contributed by atoms with Crippen molar-refractivity contribution in [3.05, 3.63) is 51.5 Å². The van der Waals surface area contributed by atoms with Crippen molar-refractivity contribution >= 4 is 22.9 Å². The first-order valence-corrected chi connectivity index (χ1v) is 6.26. The van der Waals surface area contributed by atoms with Gasteiger partial charge in [0.25, 0.3) is 5.91 Å². The number of rotatable bonds is 3. The summed E-state index contributed by atoms with van der Waals surface area (Å²) in [7, 11) is 0. The minimum absolute atomic E-state index is 0.237.